The molecule has 0 aliphatic heterocycles. The number of rotatable bonds is 4. The molecule has 0 aromatic heterocycles. The molecule has 0 bridgehead atoms. The minimum atomic E-state index is -0.0302. The van der Waals surface area contributed by atoms with E-state index in [0.717, 1.165) is 28.6 Å². The van der Waals surface area contributed by atoms with Gasteiger partial charge in [0.2, 0.25) is 0 Å². The highest BCUT2D eigenvalue weighted by atomic mass is 16.5. The molecule has 23 heavy (non-hydrogen) atoms. The zero-order chi connectivity index (χ0) is 16.2. The summed E-state index contributed by atoms with van der Waals surface area (Å²) in [5.41, 5.74) is 12.8. The molecule has 1 aliphatic rings. The summed E-state index contributed by atoms with van der Waals surface area (Å²) in [4.78, 5) is 0. The first-order valence-corrected chi connectivity index (χ1v) is 7.56. The van der Waals surface area contributed by atoms with E-state index in [0.29, 0.717) is 0 Å². The van der Waals surface area contributed by atoms with E-state index in [2.05, 4.69) is 13.0 Å². The fraction of sp³-hybridized carbons (Fsp3) is 0.158. The van der Waals surface area contributed by atoms with Crippen LogP contribution in [0.15, 0.2) is 72.5 Å². The van der Waals surface area contributed by atoms with Crippen LogP contribution in [0.1, 0.15) is 6.92 Å². The maximum Gasteiger partial charge on any atom is 0.127 e. The fourth-order valence-corrected chi connectivity index (χ4v) is 2.36. The van der Waals surface area contributed by atoms with Crippen molar-refractivity contribution < 1.29 is 9.47 Å². The Morgan fingerprint density at radius 1 is 0.826 bits per heavy atom. The van der Waals surface area contributed by atoms with Crippen molar-refractivity contribution in [1.29, 1.82) is 0 Å². The number of benzene rings is 2. The minimum Gasteiger partial charge on any atom is -0.486 e. The molecular formula is C19H20N2O2. The summed E-state index contributed by atoms with van der Waals surface area (Å²) in [5.74, 6) is 2.57. The number of ether oxygens (including phenoxy) is 2. The lowest BCUT2D eigenvalue weighted by Gasteiger charge is -2.24. The molecular weight excluding hydrogens is 288 g/mol. The molecule has 0 amide bonds. The maximum absolute atomic E-state index is 5.98. The molecule has 4 nitrogen and oxygen atoms in total. The highest BCUT2D eigenvalue weighted by molar-refractivity contribution is 5.43. The summed E-state index contributed by atoms with van der Waals surface area (Å²) in [6, 6.07) is 14.8. The molecule has 2 atom stereocenters. The van der Waals surface area contributed by atoms with Crippen LogP contribution in [-0.2, 0) is 0 Å². The van der Waals surface area contributed by atoms with Gasteiger partial charge in [0.25, 0.3) is 0 Å². The van der Waals surface area contributed by atoms with Gasteiger partial charge < -0.3 is 20.9 Å². The lowest BCUT2D eigenvalue weighted by molar-refractivity contribution is 0.205. The van der Waals surface area contributed by atoms with Gasteiger partial charge in [-0.1, -0.05) is 6.92 Å². The van der Waals surface area contributed by atoms with Crippen LogP contribution >= 0.6 is 0 Å². The van der Waals surface area contributed by atoms with E-state index in [1.807, 2.05) is 60.7 Å². The van der Waals surface area contributed by atoms with Crippen LogP contribution in [0, 0.1) is 5.92 Å². The summed E-state index contributed by atoms with van der Waals surface area (Å²) in [6.45, 7) is 2.10. The van der Waals surface area contributed by atoms with Crippen LogP contribution in [0.2, 0.25) is 0 Å². The lowest BCUT2D eigenvalue weighted by atomic mass is 9.98. The second-order valence-electron chi connectivity index (χ2n) is 5.61. The molecule has 2 unspecified atom stereocenters. The molecule has 0 heterocycles. The predicted molar refractivity (Wildman–Crippen MR) is 93.1 cm³/mol. The second kappa shape index (κ2) is 6.48. The number of anilines is 2. The van der Waals surface area contributed by atoms with E-state index in [1.54, 1.807) is 0 Å². The first-order valence-electron chi connectivity index (χ1n) is 7.56. The van der Waals surface area contributed by atoms with Crippen molar-refractivity contribution >= 4 is 11.4 Å². The molecule has 1 aliphatic carbocycles. The van der Waals surface area contributed by atoms with E-state index < -0.39 is 0 Å². The van der Waals surface area contributed by atoms with Gasteiger partial charge in [0.05, 0.1) is 0 Å². The van der Waals surface area contributed by atoms with E-state index in [4.69, 9.17) is 20.9 Å². The van der Waals surface area contributed by atoms with Gasteiger partial charge >= 0.3 is 0 Å². The Labute approximate surface area is 136 Å². The van der Waals surface area contributed by atoms with Gasteiger partial charge in [-0.3, -0.25) is 0 Å². The first-order chi connectivity index (χ1) is 11.1. The Bertz CT molecular complexity index is 718. The van der Waals surface area contributed by atoms with Crippen LogP contribution < -0.4 is 20.9 Å². The van der Waals surface area contributed by atoms with Crippen LogP contribution in [0.3, 0.4) is 0 Å². The summed E-state index contributed by atoms with van der Waals surface area (Å²) in [6.07, 6.45) is 5.96. The zero-order valence-electron chi connectivity index (χ0n) is 13.0. The molecule has 2 aromatic carbocycles. The number of hydrogen-bond acceptors (Lipinski definition) is 4. The minimum absolute atomic E-state index is 0.0302. The Balaban J connectivity index is 1.64. The molecule has 3 rings (SSSR count). The van der Waals surface area contributed by atoms with Crippen molar-refractivity contribution in [2.45, 2.75) is 13.0 Å². The van der Waals surface area contributed by atoms with Gasteiger partial charge in [0.1, 0.15) is 23.4 Å². The smallest absolute Gasteiger partial charge is 0.127 e. The fourth-order valence-electron chi connectivity index (χ4n) is 2.36. The molecule has 0 saturated carbocycles. The van der Waals surface area contributed by atoms with E-state index in [-0.39, 0.29) is 12.0 Å². The van der Waals surface area contributed by atoms with Gasteiger partial charge in [-0.25, -0.2) is 0 Å². The van der Waals surface area contributed by atoms with E-state index in [1.165, 1.54) is 0 Å². The lowest BCUT2D eigenvalue weighted by Crippen LogP contribution is -2.24. The van der Waals surface area contributed by atoms with Gasteiger partial charge in [0.15, 0.2) is 0 Å². The van der Waals surface area contributed by atoms with Gasteiger partial charge in [0, 0.05) is 17.3 Å². The van der Waals surface area contributed by atoms with Crippen molar-refractivity contribution in [1.82, 2.24) is 0 Å². The highest BCUT2D eigenvalue weighted by Crippen LogP contribution is 2.25. The molecule has 0 spiro atoms. The van der Waals surface area contributed by atoms with Crippen molar-refractivity contribution in [2.75, 3.05) is 11.5 Å². The monoisotopic (exact) mass is 308 g/mol. The van der Waals surface area contributed by atoms with Crippen molar-refractivity contribution in [3.8, 4) is 11.5 Å². The summed E-state index contributed by atoms with van der Waals surface area (Å²) in [7, 11) is 0. The topological polar surface area (TPSA) is 70.5 Å². The molecule has 4 heteroatoms. The Morgan fingerprint density at radius 3 is 1.96 bits per heavy atom. The average Bonchev–Trinajstić information content (AvgIpc) is 2.54. The normalized spacial score (nSPS) is 20.0. The first kappa shape index (κ1) is 15.0. The third-order valence-corrected chi connectivity index (χ3v) is 3.66. The van der Waals surface area contributed by atoms with Crippen LogP contribution in [0.25, 0.3) is 0 Å². The molecule has 2 aromatic rings. The van der Waals surface area contributed by atoms with Crippen LogP contribution in [0.5, 0.6) is 11.5 Å². The van der Waals surface area contributed by atoms with Crippen molar-refractivity contribution in [3.05, 3.63) is 72.5 Å². The second-order valence-corrected chi connectivity index (χ2v) is 5.61. The quantitative estimate of drug-likeness (QED) is 0.844. The summed E-state index contributed by atoms with van der Waals surface area (Å²) < 4.78 is 11.8. The van der Waals surface area contributed by atoms with E-state index >= 15 is 0 Å². The summed E-state index contributed by atoms with van der Waals surface area (Å²) in [5, 5.41) is 0. The SMILES string of the molecule is CC1C=C(Oc2ccc(N)cc2)C=CC1Oc1ccc(N)cc1. The third-order valence-electron chi connectivity index (χ3n) is 3.66. The molecule has 0 radical (unpaired) electrons. The van der Waals surface area contributed by atoms with E-state index in [9.17, 15) is 0 Å². The average molecular weight is 308 g/mol. The number of nitrogen functional groups attached to an aromatic ring is 2. The highest BCUT2D eigenvalue weighted by Gasteiger charge is 2.19. The van der Waals surface area contributed by atoms with Crippen LogP contribution in [-0.4, -0.2) is 6.10 Å². The number of allylic oxidation sites excluding steroid dienone is 1. The van der Waals surface area contributed by atoms with Crippen molar-refractivity contribution in [3.63, 3.8) is 0 Å². The van der Waals surface area contributed by atoms with Gasteiger partial charge in [-0.15, -0.1) is 0 Å². The third kappa shape index (κ3) is 3.86. The maximum atomic E-state index is 5.98. The Morgan fingerprint density at radius 2 is 1.39 bits per heavy atom. The van der Waals surface area contributed by atoms with Gasteiger partial charge in [-0.05, 0) is 66.8 Å². The predicted octanol–water partition coefficient (Wildman–Crippen LogP) is 3.77. The standard InChI is InChI=1S/C19H20N2O2/c1-13-12-18(22-16-6-2-14(20)3-7-16)10-11-19(13)23-17-8-4-15(21)5-9-17/h2-13,19H,20-21H2,1H3. The molecule has 0 saturated heterocycles. The van der Waals surface area contributed by atoms with Crippen LogP contribution in [0.4, 0.5) is 11.4 Å². The Hall–Kier alpha value is -2.88. The molecule has 4 N–H and O–H groups in total. The summed E-state index contributed by atoms with van der Waals surface area (Å²) >= 11 is 0. The number of hydrogen-bond donors (Lipinski definition) is 2. The van der Waals surface area contributed by atoms with Gasteiger partial charge in [-0.2, -0.15) is 0 Å². The largest absolute Gasteiger partial charge is 0.486 e. The molecule has 0 fully saturated rings. The number of nitrogens with two attached hydrogens (primary N) is 2. The Kier molecular flexibility index (Phi) is 4.24. The molecule has 118 valence electrons. The zero-order valence-corrected chi connectivity index (χ0v) is 13.0. The van der Waals surface area contributed by atoms with Crippen molar-refractivity contribution in [2.24, 2.45) is 5.92 Å².